The van der Waals surface area contributed by atoms with E-state index in [2.05, 4.69) is 60.7 Å². The first-order valence-corrected chi connectivity index (χ1v) is 7.59. The van der Waals surface area contributed by atoms with Crippen molar-refractivity contribution in [1.82, 2.24) is 0 Å². The largest absolute Gasteiger partial charge is 0.113 e. The van der Waals surface area contributed by atoms with Crippen LogP contribution in [0.4, 0.5) is 0 Å². The molecule has 0 amide bonds. The number of rotatable bonds is 3. The minimum Gasteiger partial charge on any atom is -0.113 e. The molecule has 1 atom stereocenters. The van der Waals surface area contributed by atoms with Gasteiger partial charge in [-0.25, -0.2) is 0 Å². The second kappa shape index (κ2) is 6.60. The Labute approximate surface area is 131 Å². The number of benzene rings is 2. The standard InChI is InChI=1S/C20H17Cl/c21-20(18-9-5-2-6-10-18)19-13-11-17(12-14-19)15-16-7-3-1-4-8-16/h1-11,13-15,20H,12H2. The monoisotopic (exact) mass is 292 g/mol. The third-order valence-corrected chi connectivity index (χ3v) is 4.10. The number of hydrogen-bond donors (Lipinski definition) is 0. The smallest absolute Gasteiger partial charge is 0.0832 e. The summed E-state index contributed by atoms with van der Waals surface area (Å²) >= 11 is 6.55. The van der Waals surface area contributed by atoms with Gasteiger partial charge in [0, 0.05) is 0 Å². The topological polar surface area (TPSA) is 0 Å². The Kier molecular flexibility index (Phi) is 4.37. The van der Waals surface area contributed by atoms with E-state index in [0.29, 0.717) is 0 Å². The Hall–Kier alpha value is -2.05. The van der Waals surface area contributed by atoms with Crippen LogP contribution in [-0.4, -0.2) is 0 Å². The molecule has 0 nitrogen and oxygen atoms in total. The van der Waals surface area contributed by atoms with Crippen LogP contribution in [0.25, 0.3) is 6.08 Å². The van der Waals surface area contributed by atoms with Crippen molar-refractivity contribution in [2.24, 2.45) is 0 Å². The Morgan fingerprint density at radius 3 is 2.14 bits per heavy atom. The van der Waals surface area contributed by atoms with E-state index in [1.54, 1.807) is 0 Å². The first kappa shape index (κ1) is 13.9. The lowest BCUT2D eigenvalue weighted by Crippen LogP contribution is -1.96. The maximum absolute atomic E-state index is 6.55. The summed E-state index contributed by atoms with van der Waals surface area (Å²) in [5.41, 5.74) is 4.86. The van der Waals surface area contributed by atoms with Crippen molar-refractivity contribution in [2.45, 2.75) is 11.8 Å². The van der Waals surface area contributed by atoms with Gasteiger partial charge in [-0.1, -0.05) is 85.0 Å². The molecule has 0 spiro atoms. The molecule has 0 aromatic heterocycles. The van der Waals surface area contributed by atoms with Crippen LogP contribution in [0.15, 0.2) is 90.0 Å². The predicted molar refractivity (Wildman–Crippen MR) is 91.3 cm³/mol. The van der Waals surface area contributed by atoms with Gasteiger partial charge in [0.2, 0.25) is 0 Å². The first-order valence-electron chi connectivity index (χ1n) is 7.16. The van der Waals surface area contributed by atoms with Crippen molar-refractivity contribution >= 4 is 17.7 Å². The molecule has 0 bridgehead atoms. The zero-order valence-corrected chi connectivity index (χ0v) is 12.5. The zero-order chi connectivity index (χ0) is 14.5. The fourth-order valence-corrected chi connectivity index (χ4v) is 2.76. The molecule has 0 N–H and O–H groups in total. The molecule has 3 rings (SSSR count). The van der Waals surface area contributed by atoms with Crippen molar-refractivity contribution in [3.8, 4) is 0 Å². The van der Waals surface area contributed by atoms with Crippen molar-refractivity contribution in [3.63, 3.8) is 0 Å². The van der Waals surface area contributed by atoms with Crippen LogP contribution in [0.3, 0.4) is 0 Å². The molecule has 0 heterocycles. The van der Waals surface area contributed by atoms with Crippen LogP contribution in [0.1, 0.15) is 22.9 Å². The minimum atomic E-state index is -0.0688. The van der Waals surface area contributed by atoms with Gasteiger partial charge in [-0.3, -0.25) is 0 Å². The van der Waals surface area contributed by atoms with Gasteiger partial charge < -0.3 is 0 Å². The first-order chi connectivity index (χ1) is 10.3. The van der Waals surface area contributed by atoms with E-state index in [4.69, 9.17) is 11.6 Å². The maximum atomic E-state index is 6.55. The summed E-state index contributed by atoms with van der Waals surface area (Å²) < 4.78 is 0. The van der Waals surface area contributed by atoms with E-state index in [-0.39, 0.29) is 5.38 Å². The summed E-state index contributed by atoms with van der Waals surface area (Å²) in [6.07, 6.45) is 9.66. The highest BCUT2D eigenvalue weighted by atomic mass is 35.5. The Morgan fingerprint density at radius 1 is 0.857 bits per heavy atom. The quantitative estimate of drug-likeness (QED) is 0.614. The van der Waals surface area contributed by atoms with Gasteiger partial charge in [0.25, 0.3) is 0 Å². The van der Waals surface area contributed by atoms with Crippen molar-refractivity contribution in [3.05, 3.63) is 101 Å². The zero-order valence-electron chi connectivity index (χ0n) is 11.7. The van der Waals surface area contributed by atoms with Crippen LogP contribution in [0.2, 0.25) is 0 Å². The molecule has 104 valence electrons. The Morgan fingerprint density at radius 2 is 1.52 bits per heavy atom. The molecule has 0 radical (unpaired) electrons. The molecule has 0 fully saturated rings. The second-order valence-electron chi connectivity index (χ2n) is 5.14. The van der Waals surface area contributed by atoms with Crippen LogP contribution < -0.4 is 0 Å². The SMILES string of the molecule is ClC(C1=CCC(=Cc2ccccc2)C=C1)c1ccccc1. The minimum absolute atomic E-state index is 0.0688. The molecule has 1 aliphatic rings. The predicted octanol–water partition coefficient (Wildman–Crippen LogP) is 5.94. The summed E-state index contributed by atoms with van der Waals surface area (Å²) in [5.74, 6) is 0. The fraction of sp³-hybridized carbons (Fsp3) is 0.100. The van der Waals surface area contributed by atoms with Crippen LogP contribution in [0.5, 0.6) is 0 Å². The summed E-state index contributed by atoms with van der Waals surface area (Å²) in [6.45, 7) is 0. The normalized spacial score (nSPS) is 17.6. The lowest BCUT2D eigenvalue weighted by molar-refractivity contribution is 1.09. The molecule has 0 aliphatic heterocycles. The number of alkyl halides is 1. The van der Waals surface area contributed by atoms with Gasteiger partial charge in [0.15, 0.2) is 0 Å². The average Bonchev–Trinajstić information content (AvgIpc) is 2.57. The van der Waals surface area contributed by atoms with Gasteiger partial charge in [0.05, 0.1) is 5.38 Å². The third-order valence-electron chi connectivity index (χ3n) is 3.60. The molecule has 0 saturated carbocycles. The maximum Gasteiger partial charge on any atom is 0.0832 e. The second-order valence-corrected chi connectivity index (χ2v) is 5.58. The van der Waals surface area contributed by atoms with Crippen LogP contribution in [-0.2, 0) is 0 Å². The highest BCUT2D eigenvalue weighted by Gasteiger charge is 2.13. The van der Waals surface area contributed by atoms with Gasteiger partial charge in [0.1, 0.15) is 0 Å². The summed E-state index contributed by atoms with van der Waals surface area (Å²) in [5, 5.41) is -0.0688. The fourth-order valence-electron chi connectivity index (χ4n) is 2.45. The lowest BCUT2D eigenvalue weighted by atomic mass is 9.95. The van der Waals surface area contributed by atoms with E-state index in [1.165, 1.54) is 16.7 Å². The van der Waals surface area contributed by atoms with Crippen LogP contribution in [0, 0.1) is 0 Å². The number of allylic oxidation sites excluding steroid dienone is 5. The summed E-state index contributed by atoms with van der Waals surface area (Å²) in [4.78, 5) is 0. The Bertz CT molecular complexity index is 678. The number of halogens is 1. The average molecular weight is 293 g/mol. The van der Waals surface area contributed by atoms with E-state index in [9.17, 15) is 0 Å². The summed E-state index contributed by atoms with van der Waals surface area (Å²) in [7, 11) is 0. The van der Waals surface area contributed by atoms with Gasteiger partial charge in [-0.05, 0) is 28.7 Å². The molecule has 1 aliphatic carbocycles. The lowest BCUT2D eigenvalue weighted by Gasteiger charge is -2.15. The van der Waals surface area contributed by atoms with Crippen molar-refractivity contribution < 1.29 is 0 Å². The molecular weight excluding hydrogens is 276 g/mol. The van der Waals surface area contributed by atoms with Gasteiger partial charge >= 0.3 is 0 Å². The molecule has 2 aromatic carbocycles. The molecule has 2 aromatic rings. The highest BCUT2D eigenvalue weighted by molar-refractivity contribution is 6.22. The van der Waals surface area contributed by atoms with E-state index < -0.39 is 0 Å². The molecular formula is C20H17Cl. The van der Waals surface area contributed by atoms with Crippen LogP contribution >= 0.6 is 11.6 Å². The molecule has 1 heteroatoms. The van der Waals surface area contributed by atoms with E-state index in [1.807, 2.05) is 24.3 Å². The van der Waals surface area contributed by atoms with Crippen molar-refractivity contribution in [1.29, 1.82) is 0 Å². The van der Waals surface area contributed by atoms with Gasteiger partial charge in [-0.15, -0.1) is 11.6 Å². The molecule has 21 heavy (non-hydrogen) atoms. The Balaban J connectivity index is 1.73. The van der Waals surface area contributed by atoms with E-state index in [0.717, 1.165) is 12.0 Å². The molecule has 0 saturated heterocycles. The highest BCUT2D eigenvalue weighted by Crippen LogP contribution is 2.32. The molecule has 1 unspecified atom stereocenters. The van der Waals surface area contributed by atoms with Gasteiger partial charge in [-0.2, -0.15) is 0 Å². The number of hydrogen-bond acceptors (Lipinski definition) is 0. The summed E-state index contributed by atoms with van der Waals surface area (Å²) in [6, 6.07) is 20.6. The third kappa shape index (κ3) is 3.53. The van der Waals surface area contributed by atoms with Crippen molar-refractivity contribution in [2.75, 3.05) is 0 Å². The van der Waals surface area contributed by atoms with E-state index >= 15 is 0 Å².